The lowest BCUT2D eigenvalue weighted by atomic mass is 9.94. The van der Waals surface area contributed by atoms with E-state index >= 15 is 0 Å². The number of hydrogen-bond donors (Lipinski definition) is 6. The van der Waals surface area contributed by atoms with Crippen LogP contribution in [-0.2, 0) is 11.9 Å². The number of hydrogen-bond acceptors (Lipinski definition) is 9. The van der Waals surface area contributed by atoms with Gasteiger partial charge in [0.05, 0.1) is 24.9 Å². The second-order valence-electron chi connectivity index (χ2n) is 4.58. The van der Waals surface area contributed by atoms with E-state index in [9.17, 15) is 20.4 Å². The third-order valence-corrected chi connectivity index (χ3v) is 4.10. The highest BCUT2D eigenvalue weighted by molar-refractivity contribution is 14.1. The first-order valence-corrected chi connectivity index (χ1v) is 7.34. The summed E-state index contributed by atoms with van der Waals surface area (Å²) in [5.41, 5.74) is 0. The Morgan fingerprint density at radius 2 is 1.71 bits per heavy atom. The van der Waals surface area contributed by atoms with Crippen LogP contribution in [0.25, 0.3) is 0 Å². The van der Waals surface area contributed by atoms with Gasteiger partial charge in [0, 0.05) is 6.42 Å². The van der Waals surface area contributed by atoms with E-state index in [1.165, 1.54) is 6.92 Å². The fourth-order valence-electron chi connectivity index (χ4n) is 1.66. The molecule has 0 bridgehead atoms. The molecule has 0 heterocycles. The summed E-state index contributed by atoms with van der Waals surface area (Å²) in [6.07, 6.45) is -9.21. The molecule has 0 aliphatic carbocycles. The average Bonchev–Trinajstić information content (AvgIpc) is 2.50. The molecule has 0 aromatic heterocycles. The number of halogens is 1. The van der Waals surface area contributed by atoms with E-state index in [1.807, 2.05) is 0 Å². The molecule has 0 aromatic rings. The maximum atomic E-state index is 9.98. The van der Waals surface area contributed by atoms with E-state index in [4.69, 9.17) is 16.2 Å². The lowest BCUT2D eigenvalue weighted by Gasteiger charge is -2.32. The molecule has 0 rings (SSSR count). The van der Waals surface area contributed by atoms with Crippen LogP contribution in [0.3, 0.4) is 0 Å². The fourth-order valence-corrected chi connectivity index (χ4v) is 2.23. The van der Waals surface area contributed by atoms with Gasteiger partial charge in [0.1, 0.15) is 47.4 Å². The predicted molar refractivity (Wildman–Crippen MR) is 84.8 cm³/mol. The van der Waals surface area contributed by atoms with Gasteiger partial charge in [0.25, 0.3) is 8.05 Å². The topological polar surface area (TPSA) is 129 Å². The maximum absolute atomic E-state index is 9.98. The minimum atomic E-state index is -1.65. The van der Waals surface area contributed by atoms with E-state index < -0.39 is 49.3 Å². The third-order valence-electron chi connectivity index (χ3n) is 3.06. The van der Waals surface area contributed by atoms with Crippen LogP contribution in [-0.4, -0.2) is 82.9 Å². The van der Waals surface area contributed by atoms with Gasteiger partial charge in [-0.2, -0.15) is 0 Å². The van der Waals surface area contributed by atoms with Crippen LogP contribution in [0.4, 0.5) is 0 Å². The molecule has 2 radical (unpaired) electrons. The molecular formula is C10H20BIO8S. The zero-order valence-electron chi connectivity index (χ0n) is 11.3. The van der Waals surface area contributed by atoms with Crippen LogP contribution in [0.5, 0.6) is 0 Å². The molecule has 0 fully saturated rings. The minimum Gasteiger partial charge on any atom is -0.443 e. The van der Waals surface area contributed by atoms with Crippen molar-refractivity contribution in [1.82, 2.24) is 0 Å². The number of aliphatic hydroxyl groups is 5. The predicted octanol–water partition coefficient (Wildman–Crippen LogP) is -1.73. The molecule has 21 heavy (non-hydrogen) atoms. The van der Waals surface area contributed by atoms with Gasteiger partial charge in [0.2, 0.25) is 0 Å². The van der Waals surface area contributed by atoms with Crippen LogP contribution in [0, 0.1) is 0 Å². The summed E-state index contributed by atoms with van der Waals surface area (Å²) in [4.78, 5) is 0. The van der Waals surface area contributed by atoms with Gasteiger partial charge in [-0.15, -0.1) is 0 Å². The van der Waals surface area contributed by atoms with Gasteiger partial charge < -0.3 is 37.4 Å². The lowest BCUT2D eigenvalue weighted by Crippen LogP contribution is -2.52. The molecule has 0 spiro atoms. The summed E-state index contributed by atoms with van der Waals surface area (Å²) >= 11 is 5.08. The Hall–Kier alpha value is 0.825. The smallest absolute Gasteiger partial charge is 0.283 e. The number of thiol groups is 1. The largest absolute Gasteiger partial charge is 0.443 e. The zero-order valence-corrected chi connectivity index (χ0v) is 14.4. The van der Waals surface area contributed by atoms with Gasteiger partial charge in [0.15, 0.2) is 0 Å². The third kappa shape index (κ3) is 6.85. The fraction of sp³-hybridized carbons (Fsp3) is 1.00. The molecule has 0 saturated carbocycles. The summed E-state index contributed by atoms with van der Waals surface area (Å²) < 4.78 is 13.9. The Bertz CT molecular complexity index is 275. The molecule has 0 amide bonds. The van der Waals surface area contributed by atoms with Crippen molar-refractivity contribution in [3.05, 3.63) is 0 Å². The lowest BCUT2D eigenvalue weighted by molar-refractivity contribution is -0.138. The Morgan fingerprint density at radius 1 is 1.14 bits per heavy atom. The molecule has 11 heteroatoms. The Labute approximate surface area is 144 Å². The first kappa shape index (κ1) is 21.8. The SMILES string of the molecule is [B]OC(CO)CC(O)C(OS)C(O)C(O)[C@H](O)C(C)OI. The van der Waals surface area contributed by atoms with Crippen LogP contribution < -0.4 is 0 Å². The summed E-state index contributed by atoms with van der Waals surface area (Å²) in [6, 6.07) is 0. The van der Waals surface area contributed by atoms with Crippen molar-refractivity contribution in [3.63, 3.8) is 0 Å². The second-order valence-corrected chi connectivity index (χ2v) is 5.30. The molecule has 0 saturated heterocycles. The van der Waals surface area contributed by atoms with Gasteiger partial charge in [-0.1, -0.05) is 0 Å². The van der Waals surface area contributed by atoms with Crippen LogP contribution in [0.15, 0.2) is 0 Å². The molecule has 124 valence electrons. The normalized spacial score (nSPS) is 22.1. The quantitative estimate of drug-likeness (QED) is 0.0973. The first-order valence-electron chi connectivity index (χ1n) is 6.10. The van der Waals surface area contributed by atoms with Crippen molar-refractivity contribution in [2.45, 2.75) is 56.1 Å². The Kier molecular flexibility index (Phi) is 11.8. The van der Waals surface area contributed by atoms with Crippen molar-refractivity contribution in [2.75, 3.05) is 6.61 Å². The highest BCUT2D eigenvalue weighted by Crippen LogP contribution is 2.19. The zero-order chi connectivity index (χ0) is 16.6. The second kappa shape index (κ2) is 11.4. The van der Waals surface area contributed by atoms with E-state index in [0.29, 0.717) is 0 Å². The van der Waals surface area contributed by atoms with E-state index in [1.54, 1.807) is 23.0 Å². The highest BCUT2D eigenvalue weighted by Gasteiger charge is 2.38. The van der Waals surface area contributed by atoms with Gasteiger partial charge in [-0.3, -0.25) is 0 Å². The minimum absolute atomic E-state index is 0.170. The maximum Gasteiger partial charge on any atom is 0.283 e. The van der Waals surface area contributed by atoms with Crippen molar-refractivity contribution in [3.8, 4) is 0 Å². The molecule has 6 unspecified atom stereocenters. The molecular weight excluding hydrogens is 418 g/mol. The highest BCUT2D eigenvalue weighted by atomic mass is 127. The summed E-state index contributed by atoms with van der Waals surface area (Å²) in [7, 11) is 4.91. The van der Waals surface area contributed by atoms with Crippen molar-refractivity contribution >= 4 is 44.0 Å². The first-order chi connectivity index (χ1) is 9.83. The molecule has 5 N–H and O–H groups in total. The molecule has 7 atom stereocenters. The molecule has 8 nitrogen and oxygen atoms in total. The van der Waals surface area contributed by atoms with Crippen LogP contribution in [0.1, 0.15) is 13.3 Å². The Morgan fingerprint density at radius 3 is 2.10 bits per heavy atom. The van der Waals surface area contributed by atoms with E-state index in [0.717, 1.165) is 0 Å². The molecule has 0 aliphatic rings. The van der Waals surface area contributed by atoms with Crippen LogP contribution in [0.2, 0.25) is 0 Å². The number of aliphatic hydroxyl groups excluding tert-OH is 5. The monoisotopic (exact) mass is 438 g/mol. The Balaban J connectivity index is 4.76. The summed E-state index contributed by atoms with van der Waals surface area (Å²) in [5.74, 6) is 0. The van der Waals surface area contributed by atoms with Crippen molar-refractivity contribution in [1.29, 1.82) is 0 Å². The van der Waals surface area contributed by atoms with Crippen molar-refractivity contribution < 1.29 is 37.4 Å². The van der Waals surface area contributed by atoms with Gasteiger partial charge in [-0.05, 0) is 19.8 Å². The van der Waals surface area contributed by atoms with Crippen LogP contribution >= 0.6 is 35.9 Å². The summed E-state index contributed by atoms with van der Waals surface area (Å²) in [5, 5.41) is 48.5. The molecule has 0 aliphatic heterocycles. The van der Waals surface area contributed by atoms with Gasteiger partial charge in [-0.25, -0.2) is 0 Å². The summed E-state index contributed by atoms with van der Waals surface area (Å²) in [6.45, 7) is 1.04. The van der Waals surface area contributed by atoms with E-state index in [2.05, 4.69) is 21.7 Å². The van der Waals surface area contributed by atoms with E-state index in [-0.39, 0.29) is 6.42 Å². The number of rotatable bonds is 11. The molecule has 0 aromatic carbocycles. The van der Waals surface area contributed by atoms with Crippen molar-refractivity contribution in [2.24, 2.45) is 0 Å². The standard InChI is InChI=1S/C10H20BIO8S/c1-4(19-12)7(15)8(16)9(17)10(20-21)6(14)2-5(3-13)18-11/h4-10,13-17,21H,2-3H2,1H3/t4?,5?,6?,7-,8?,9?,10?/m1/s1. The van der Waals surface area contributed by atoms with Gasteiger partial charge >= 0.3 is 0 Å². The average molecular weight is 438 g/mol.